The summed E-state index contributed by atoms with van der Waals surface area (Å²) in [5.41, 5.74) is 0.465. The fourth-order valence-electron chi connectivity index (χ4n) is 3.10. The Morgan fingerprint density at radius 1 is 1.33 bits per heavy atom. The zero-order valence-electron chi connectivity index (χ0n) is 11.8. The fraction of sp³-hybridized carbons (Fsp3) is 0.643. The third-order valence-corrected chi connectivity index (χ3v) is 4.26. The maximum absolute atomic E-state index is 12.1. The summed E-state index contributed by atoms with van der Waals surface area (Å²) in [4.78, 5) is 14.4. The Morgan fingerprint density at radius 2 is 2.14 bits per heavy atom. The molecule has 2 aliphatic rings. The number of rotatable bonds is 3. The van der Waals surface area contributed by atoms with E-state index in [1.165, 1.54) is 12.4 Å². The van der Waals surface area contributed by atoms with Gasteiger partial charge in [0.1, 0.15) is 0 Å². The molecule has 114 valence electrons. The number of nitrogens with zero attached hydrogens (tertiary/aromatic N) is 3. The Morgan fingerprint density at radius 3 is 2.86 bits per heavy atom. The highest BCUT2D eigenvalue weighted by atomic mass is 16.5. The van der Waals surface area contributed by atoms with Gasteiger partial charge in [-0.2, -0.15) is 10.2 Å². The number of hydrogen-bond donors (Lipinski definition) is 2. The highest BCUT2D eigenvalue weighted by molar-refractivity contribution is 5.93. The minimum Gasteiger partial charge on any atom is -0.389 e. The lowest BCUT2D eigenvalue weighted by molar-refractivity contribution is -0.0154. The second-order valence-corrected chi connectivity index (χ2v) is 5.49. The van der Waals surface area contributed by atoms with Gasteiger partial charge in [-0.05, 0) is 18.9 Å². The number of amides is 1. The fourth-order valence-corrected chi connectivity index (χ4v) is 3.10. The van der Waals surface area contributed by atoms with Crippen LogP contribution >= 0.6 is 0 Å². The van der Waals surface area contributed by atoms with E-state index in [0.29, 0.717) is 18.8 Å². The van der Waals surface area contributed by atoms with Gasteiger partial charge in [-0.15, -0.1) is 0 Å². The molecule has 2 fully saturated rings. The van der Waals surface area contributed by atoms with Crippen LogP contribution < -0.4 is 5.32 Å². The van der Waals surface area contributed by atoms with E-state index in [0.717, 1.165) is 25.9 Å². The number of aliphatic hydroxyl groups is 1. The Bertz CT molecular complexity index is 478. The van der Waals surface area contributed by atoms with E-state index in [1.54, 1.807) is 6.07 Å². The van der Waals surface area contributed by atoms with Gasteiger partial charge in [0.05, 0.1) is 43.3 Å². The van der Waals surface area contributed by atoms with Crippen LogP contribution in [0, 0.1) is 0 Å². The van der Waals surface area contributed by atoms with Crippen molar-refractivity contribution in [1.82, 2.24) is 20.4 Å². The van der Waals surface area contributed by atoms with Crippen LogP contribution in [0.4, 0.5) is 0 Å². The second-order valence-electron chi connectivity index (χ2n) is 5.49. The van der Waals surface area contributed by atoms with Gasteiger partial charge in [0.25, 0.3) is 5.91 Å². The number of carbonyl (C=O) groups excluding carboxylic acids is 1. The van der Waals surface area contributed by atoms with Crippen LogP contribution in [0.3, 0.4) is 0 Å². The topological polar surface area (TPSA) is 87.6 Å². The van der Waals surface area contributed by atoms with Crippen molar-refractivity contribution in [2.24, 2.45) is 0 Å². The normalized spacial score (nSPS) is 30.2. The van der Waals surface area contributed by atoms with Crippen molar-refractivity contribution in [3.05, 3.63) is 24.0 Å². The highest BCUT2D eigenvalue weighted by Gasteiger charge is 2.39. The lowest BCUT2D eigenvalue weighted by atomic mass is 10.1. The summed E-state index contributed by atoms with van der Waals surface area (Å²) in [7, 11) is 0. The average molecular weight is 292 g/mol. The summed E-state index contributed by atoms with van der Waals surface area (Å²) in [6, 6.07) is 1.51. The summed E-state index contributed by atoms with van der Waals surface area (Å²) < 4.78 is 5.34. The monoisotopic (exact) mass is 292 g/mol. The van der Waals surface area contributed by atoms with Crippen molar-refractivity contribution in [2.45, 2.75) is 31.0 Å². The van der Waals surface area contributed by atoms with Crippen molar-refractivity contribution >= 4 is 5.91 Å². The molecular weight excluding hydrogens is 272 g/mol. The number of nitrogens with one attached hydrogen (secondary N) is 1. The third kappa shape index (κ3) is 3.20. The van der Waals surface area contributed by atoms with E-state index in [2.05, 4.69) is 20.4 Å². The molecule has 1 aliphatic heterocycles. The van der Waals surface area contributed by atoms with Gasteiger partial charge >= 0.3 is 0 Å². The molecule has 2 N–H and O–H groups in total. The molecule has 3 atom stereocenters. The van der Waals surface area contributed by atoms with Gasteiger partial charge in [0.15, 0.2) is 0 Å². The number of carbonyl (C=O) groups is 1. The standard InChI is InChI=1S/C14H20N4O3/c19-13-11(17-14(20)10-3-4-15-16-9-10)1-2-12(13)18-5-7-21-8-6-18/h3-4,9,11-13,19H,1-2,5-8H2,(H,17,20)/t11-,12-,13-/m1/s1. The maximum Gasteiger partial charge on any atom is 0.253 e. The van der Waals surface area contributed by atoms with E-state index >= 15 is 0 Å². The largest absolute Gasteiger partial charge is 0.389 e. The molecule has 7 heteroatoms. The Balaban J connectivity index is 1.58. The maximum atomic E-state index is 12.1. The van der Waals surface area contributed by atoms with E-state index in [1.807, 2.05) is 0 Å². The molecular formula is C14H20N4O3. The number of hydrogen-bond acceptors (Lipinski definition) is 6. The first-order valence-electron chi connectivity index (χ1n) is 7.33. The average Bonchev–Trinajstić information content (AvgIpc) is 2.90. The van der Waals surface area contributed by atoms with Crippen LogP contribution in [-0.2, 0) is 4.74 Å². The lowest BCUT2D eigenvalue weighted by Crippen LogP contribution is -2.51. The molecule has 21 heavy (non-hydrogen) atoms. The van der Waals surface area contributed by atoms with Crippen molar-refractivity contribution in [3.8, 4) is 0 Å². The minimum atomic E-state index is -0.540. The molecule has 3 rings (SSSR count). The first-order chi connectivity index (χ1) is 10.3. The van der Waals surface area contributed by atoms with Gasteiger partial charge in [0.2, 0.25) is 0 Å². The van der Waals surface area contributed by atoms with Crippen LogP contribution in [0.1, 0.15) is 23.2 Å². The summed E-state index contributed by atoms with van der Waals surface area (Å²) in [5, 5.41) is 20.7. The summed E-state index contributed by atoms with van der Waals surface area (Å²) >= 11 is 0. The van der Waals surface area contributed by atoms with Gasteiger partial charge in [-0.25, -0.2) is 0 Å². The molecule has 0 bridgehead atoms. The summed E-state index contributed by atoms with van der Waals surface area (Å²) in [6.07, 6.45) is 4.04. The molecule has 1 aromatic heterocycles. The van der Waals surface area contributed by atoms with E-state index < -0.39 is 6.10 Å². The van der Waals surface area contributed by atoms with Crippen molar-refractivity contribution in [2.75, 3.05) is 26.3 Å². The zero-order chi connectivity index (χ0) is 14.7. The Labute approximate surface area is 123 Å². The van der Waals surface area contributed by atoms with Gasteiger partial charge < -0.3 is 15.2 Å². The second kappa shape index (κ2) is 6.46. The molecule has 7 nitrogen and oxygen atoms in total. The predicted molar refractivity (Wildman–Crippen MR) is 74.7 cm³/mol. The minimum absolute atomic E-state index is 0.106. The lowest BCUT2D eigenvalue weighted by Gasteiger charge is -2.34. The number of ether oxygens (including phenoxy) is 1. The summed E-state index contributed by atoms with van der Waals surface area (Å²) in [6.45, 7) is 3.11. The quantitative estimate of drug-likeness (QED) is 0.776. The van der Waals surface area contributed by atoms with Crippen LogP contribution in [0.25, 0.3) is 0 Å². The molecule has 1 aromatic rings. The highest BCUT2D eigenvalue weighted by Crippen LogP contribution is 2.25. The molecule has 0 unspecified atom stereocenters. The third-order valence-electron chi connectivity index (χ3n) is 4.26. The van der Waals surface area contributed by atoms with Crippen molar-refractivity contribution in [3.63, 3.8) is 0 Å². The molecule has 0 aromatic carbocycles. The van der Waals surface area contributed by atoms with E-state index in [4.69, 9.17) is 4.74 Å². The SMILES string of the molecule is O=C(N[C@@H]1CC[C@@H](N2CCOCC2)[C@@H]1O)c1ccnnc1. The molecule has 0 spiro atoms. The molecule has 1 aliphatic carbocycles. The van der Waals surface area contributed by atoms with Gasteiger partial charge in [-0.3, -0.25) is 9.69 Å². The number of aromatic nitrogens is 2. The predicted octanol–water partition coefficient (Wildman–Crippen LogP) is -0.569. The van der Waals surface area contributed by atoms with Crippen molar-refractivity contribution < 1.29 is 14.6 Å². The first-order valence-corrected chi connectivity index (χ1v) is 7.33. The first kappa shape index (κ1) is 14.4. The summed E-state index contributed by atoms with van der Waals surface area (Å²) in [5.74, 6) is -0.212. The van der Waals surface area contributed by atoms with Crippen molar-refractivity contribution in [1.29, 1.82) is 0 Å². The zero-order valence-corrected chi connectivity index (χ0v) is 11.8. The van der Waals surface area contributed by atoms with Crippen LogP contribution in [0.15, 0.2) is 18.5 Å². The number of morpholine rings is 1. The smallest absolute Gasteiger partial charge is 0.253 e. The molecule has 1 amide bonds. The molecule has 0 radical (unpaired) electrons. The molecule has 2 heterocycles. The Hall–Kier alpha value is -1.57. The van der Waals surface area contributed by atoms with Gasteiger partial charge in [-0.1, -0.05) is 0 Å². The Kier molecular flexibility index (Phi) is 4.42. The van der Waals surface area contributed by atoms with Crippen LogP contribution in [-0.4, -0.2) is 70.6 Å². The van der Waals surface area contributed by atoms with Crippen LogP contribution in [0.5, 0.6) is 0 Å². The molecule has 1 saturated heterocycles. The van der Waals surface area contributed by atoms with E-state index in [9.17, 15) is 9.90 Å². The van der Waals surface area contributed by atoms with E-state index in [-0.39, 0.29) is 18.0 Å². The van der Waals surface area contributed by atoms with Crippen LogP contribution in [0.2, 0.25) is 0 Å². The number of aliphatic hydroxyl groups excluding tert-OH is 1. The molecule has 1 saturated carbocycles. The van der Waals surface area contributed by atoms with Gasteiger partial charge in [0, 0.05) is 19.1 Å².